The maximum atomic E-state index is 12.5. The van der Waals surface area contributed by atoms with Gasteiger partial charge in [-0.1, -0.05) is 31.0 Å². The Balaban J connectivity index is 1.92. The number of allylic oxidation sites excluding steroid dienone is 1. The van der Waals surface area contributed by atoms with Gasteiger partial charge in [0, 0.05) is 42.2 Å². The molecule has 0 bridgehead atoms. The lowest BCUT2D eigenvalue weighted by atomic mass is 9.75. The van der Waals surface area contributed by atoms with Crippen LogP contribution >= 0.6 is 11.8 Å². The molecule has 32 heavy (non-hydrogen) atoms. The molecule has 2 N–H and O–H groups in total. The number of nitrogens with one attached hydrogen (secondary N) is 1. The van der Waals surface area contributed by atoms with E-state index in [1.54, 1.807) is 36.9 Å². The molecule has 1 saturated carbocycles. The van der Waals surface area contributed by atoms with Crippen molar-refractivity contribution in [3.63, 3.8) is 0 Å². The van der Waals surface area contributed by atoms with E-state index in [9.17, 15) is 20.0 Å². The monoisotopic (exact) mass is 458 g/mol. The number of rotatable bonds is 7. The van der Waals surface area contributed by atoms with E-state index in [0.717, 1.165) is 49.4 Å². The van der Waals surface area contributed by atoms with Crippen LogP contribution in [0.4, 0.5) is 5.69 Å². The molecule has 1 aromatic carbocycles. The van der Waals surface area contributed by atoms with E-state index in [1.165, 1.54) is 6.07 Å². The summed E-state index contributed by atoms with van der Waals surface area (Å²) in [5, 5.41) is 29.9. The van der Waals surface area contributed by atoms with Crippen LogP contribution in [-0.2, 0) is 4.79 Å². The quantitative estimate of drug-likeness (QED) is 0.468. The van der Waals surface area contributed by atoms with Gasteiger partial charge in [0.1, 0.15) is 5.82 Å². The summed E-state index contributed by atoms with van der Waals surface area (Å²) >= 11 is 1.78. The van der Waals surface area contributed by atoms with Crippen LogP contribution in [0.3, 0.4) is 0 Å². The Morgan fingerprint density at radius 2 is 2.00 bits per heavy atom. The highest BCUT2D eigenvalue weighted by molar-refractivity contribution is 7.98. The van der Waals surface area contributed by atoms with Gasteiger partial charge in [-0.25, -0.2) is 9.80 Å². The molecule has 0 aromatic heterocycles. The number of carbonyl (C=O) groups is 1. The molecule has 2 heterocycles. The van der Waals surface area contributed by atoms with E-state index in [-0.39, 0.29) is 17.3 Å². The first-order chi connectivity index (χ1) is 15.4. The highest BCUT2D eigenvalue weighted by Crippen LogP contribution is 2.50. The molecule has 2 atom stereocenters. The Hall–Kier alpha value is -2.52. The zero-order valence-corrected chi connectivity index (χ0v) is 19.5. The predicted octanol–water partition coefficient (Wildman–Crippen LogP) is 3.94. The number of hydrogen-bond acceptors (Lipinski definition) is 7. The Morgan fingerprint density at radius 1 is 1.31 bits per heavy atom. The zero-order chi connectivity index (χ0) is 23.0. The molecule has 0 spiro atoms. The molecule has 9 heteroatoms. The second kappa shape index (κ2) is 9.15. The molecule has 172 valence electrons. The maximum absolute atomic E-state index is 12.5. The lowest BCUT2D eigenvalue weighted by Crippen LogP contribution is -2.46. The summed E-state index contributed by atoms with van der Waals surface area (Å²) < 4.78 is 0. The molecule has 2 unspecified atom stereocenters. The Kier molecular flexibility index (Phi) is 6.48. The van der Waals surface area contributed by atoms with Gasteiger partial charge in [0.25, 0.3) is 5.69 Å². The second-order valence-corrected chi connectivity index (χ2v) is 9.68. The molecule has 0 amide bonds. The number of carboxylic acids is 1. The summed E-state index contributed by atoms with van der Waals surface area (Å²) in [5.41, 5.74) is 2.10. The minimum atomic E-state index is -1.04. The third-order valence-corrected chi connectivity index (χ3v) is 7.57. The highest BCUT2D eigenvalue weighted by atomic mass is 32.2. The third-order valence-electron chi connectivity index (χ3n) is 6.98. The average Bonchev–Trinajstić information content (AvgIpc) is 3.38. The largest absolute Gasteiger partial charge is 0.478 e. The first-order valence-corrected chi connectivity index (χ1v) is 12.4. The molecule has 0 radical (unpaired) electrons. The molecule has 1 aromatic rings. The molecule has 3 aliphatic rings. The maximum Gasteiger partial charge on any atom is 0.334 e. The molecule has 2 aliphatic heterocycles. The van der Waals surface area contributed by atoms with Gasteiger partial charge in [-0.2, -0.15) is 11.8 Å². The van der Waals surface area contributed by atoms with E-state index in [0.29, 0.717) is 17.2 Å². The van der Waals surface area contributed by atoms with Crippen LogP contribution in [0, 0.1) is 16.0 Å². The van der Waals surface area contributed by atoms with Gasteiger partial charge < -0.3 is 10.4 Å². The summed E-state index contributed by atoms with van der Waals surface area (Å²) in [6, 6.07) is 6.60. The van der Waals surface area contributed by atoms with E-state index in [1.807, 2.05) is 7.05 Å². The number of para-hydroxylation sites is 1. The van der Waals surface area contributed by atoms with Gasteiger partial charge in [-0.05, 0) is 31.9 Å². The van der Waals surface area contributed by atoms with Crippen molar-refractivity contribution in [2.24, 2.45) is 5.92 Å². The van der Waals surface area contributed by atoms with Gasteiger partial charge in [0.15, 0.2) is 0 Å². The van der Waals surface area contributed by atoms with Crippen molar-refractivity contribution < 1.29 is 14.8 Å². The van der Waals surface area contributed by atoms with E-state index in [4.69, 9.17) is 0 Å². The molecule has 8 nitrogen and oxygen atoms in total. The van der Waals surface area contributed by atoms with Crippen molar-refractivity contribution in [3.8, 4) is 0 Å². The van der Waals surface area contributed by atoms with Crippen LogP contribution in [0.2, 0.25) is 0 Å². The summed E-state index contributed by atoms with van der Waals surface area (Å²) in [6.45, 7) is 2.58. The SMILES string of the molecule is CSCCN1C(C2CCCC2)C2=C(NC(C)=C(C(=O)O)C2c2ccccc2[N+](=O)[O-])N1C. The number of nitrogens with zero attached hydrogens (tertiary/aromatic N) is 3. The Bertz CT molecular complexity index is 986. The topological polar surface area (TPSA) is 99.0 Å². The molecular formula is C23H30N4O4S. The summed E-state index contributed by atoms with van der Waals surface area (Å²) in [5.74, 6) is 0.501. The van der Waals surface area contributed by atoms with Crippen LogP contribution in [0.15, 0.2) is 46.9 Å². The number of hydrazine groups is 1. The van der Waals surface area contributed by atoms with E-state index in [2.05, 4.69) is 21.6 Å². The molecule has 4 rings (SSSR count). The predicted molar refractivity (Wildman–Crippen MR) is 125 cm³/mol. The van der Waals surface area contributed by atoms with E-state index < -0.39 is 16.8 Å². The first kappa shape index (κ1) is 22.7. The number of aliphatic carboxylic acids is 1. The molecule has 1 aliphatic carbocycles. The number of carboxylic acid groups (broad SMARTS) is 1. The van der Waals surface area contributed by atoms with E-state index >= 15 is 0 Å². The average molecular weight is 459 g/mol. The van der Waals surface area contributed by atoms with Crippen LogP contribution < -0.4 is 5.32 Å². The number of nitro benzene ring substituents is 1. The summed E-state index contributed by atoms with van der Waals surface area (Å²) in [4.78, 5) is 24.0. The number of hydrogen-bond donors (Lipinski definition) is 2. The van der Waals surface area contributed by atoms with Crippen LogP contribution in [0.1, 0.15) is 44.1 Å². The number of thioether (sulfide) groups is 1. The molecule has 0 saturated heterocycles. The van der Waals surface area contributed by atoms with Crippen molar-refractivity contribution >= 4 is 23.4 Å². The Labute approximate surface area is 192 Å². The summed E-state index contributed by atoms with van der Waals surface area (Å²) in [6.07, 6.45) is 6.57. The normalized spacial score (nSPS) is 24.2. The first-order valence-electron chi connectivity index (χ1n) is 11.0. The highest BCUT2D eigenvalue weighted by Gasteiger charge is 2.50. The number of benzene rings is 1. The van der Waals surface area contributed by atoms with Crippen molar-refractivity contribution in [1.29, 1.82) is 0 Å². The molecular weight excluding hydrogens is 428 g/mol. The second-order valence-electron chi connectivity index (χ2n) is 8.69. The van der Waals surface area contributed by atoms with Crippen molar-refractivity contribution in [2.45, 2.75) is 44.6 Å². The van der Waals surface area contributed by atoms with Gasteiger partial charge >= 0.3 is 5.97 Å². The zero-order valence-electron chi connectivity index (χ0n) is 18.7. The van der Waals surface area contributed by atoms with Crippen LogP contribution in [0.25, 0.3) is 0 Å². The fourth-order valence-corrected chi connectivity index (χ4v) is 6.00. The van der Waals surface area contributed by atoms with Gasteiger partial charge in [0.2, 0.25) is 0 Å². The fourth-order valence-electron chi connectivity index (χ4n) is 5.63. The van der Waals surface area contributed by atoms with Crippen molar-refractivity contribution in [1.82, 2.24) is 15.3 Å². The smallest absolute Gasteiger partial charge is 0.334 e. The lowest BCUT2D eigenvalue weighted by Gasteiger charge is -2.36. The summed E-state index contributed by atoms with van der Waals surface area (Å²) in [7, 11) is 2.01. The minimum Gasteiger partial charge on any atom is -0.478 e. The van der Waals surface area contributed by atoms with Gasteiger partial charge in [-0.3, -0.25) is 15.1 Å². The third kappa shape index (κ3) is 3.77. The Morgan fingerprint density at radius 3 is 2.62 bits per heavy atom. The molecule has 1 fully saturated rings. The standard InChI is InChI=1S/C23H30N4O4S/c1-14-18(23(28)29)19(16-10-6-7-11-17(16)27(30)31)20-21(15-8-4-5-9-15)26(12-13-32-3)25(2)22(20)24-14/h6-7,10-11,15,19,21,24H,4-5,8-9,12-13H2,1-3H3,(H,28,29). The van der Waals surface area contributed by atoms with Crippen molar-refractivity contribution in [2.75, 3.05) is 25.6 Å². The number of dihydropyridines is 1. The number of nitro groups is 1. The minimum absolute atomic E-state index is 0.0180. The van der Waals surface area contributed by atoms with Crippen molar-refractivity contribution in [3.05, 3.63) is 62.6 Å². The lowest BCUT2D eigenvalue weighted by molar-refractivity contribution is -0.385. The van der Waals surface area contributed by atoms with Gasteiger partial charge in [0.05, 0.1) is 22.5 Å². The van der Waals surface area contributed by atoms with Crippen LogP contribution in [0.5, 0.6) is 0 Å². The van der Waals surface area contributed by atoms with Crippen LogP contribution in [-0.4, -0.2) is 57.7 Å². The van der Waals surface area contributed by atoms with Gasteiger partial charge in [-0.15, -0.1) is 0 Å². The fraction of sp³-hybridized carbons (Fsp3) is 0.522.